The summed E-state index contributed by atoms with van der Waals surface area (Å²) >= 11 is 0. The third kappa shape index (κ3) is 3.79. The van der Waals surface area contributed by atoms with Gasteiger partial charge in [-0.2, -0.15) is 5.10 Å². The predicted octanol–water partition coefficient (Wildman–Crippen LogP) is 0.864. The average Bonchev–Trinajstić information content (AvgIpc) is 2.47. The van der Waals surface area contributed by atoms with Gasteiger partial charge in [0.15, 0.2) is 11.4 Å². The summed E-state index contributed by atoms with van der Waals surface area (Å²) in [5.74, 6) is -1.43. The molecule has 0 unspecified atom stereocenters. The lowest BCUT2D eigenvalue weighted by Gasteiger charge is -2.38. The van der Waals surface area contributed by atoms with Crippen molar-refractivity contribution in [1.29, 1.82) is 0 Å². The number of carbonyl (C=O) groups is 2. The zero-order valence-corrected chi connectivity index (χ0v) is 13.3. The fourth-order valence-corrected chi connectivity index (χ4v) is 2.15. The maximum Gasteiger partial charge on any atom is 0.429 e. The highest BCUT2D eigenvalue weighted by atomic mass is 16.6. The Hall–Kier alpha value is -2.58. The molecule has 1 aromatic rings. The van der Waals surface area contributed by atoms with Gasteiger partial charge in [0.05, 0.1) is 6.20 Å². The summed E-state index contributed by atoms with van der Waals surface area (Å²) < 4.78 is 5.29. The summed E-state index contributed by atoms with van der Waals surface area (Å²) in [5, 5.41) is 17.9. The van der Waals surface area contributed by atoms with Crippen LogP contribution in [0.2, 0.25) is 0 Å². The third-order valence-electron chi connectivity index (χ3n) is 3.16. The molecule has 9 nitrogen and oxygen atoms in total. The molecule has 1 aliphatic heterocycles. The summed E-state index contributed by atoms with van der Waals surface area (Å²) in [7, 11) is 0. The topological polar surface area (TPSA) is 116 Å². The van der Waals surface area contributed by atoms with Crippen LogP contribution in [0.15, 0.2) is 11.0 Å². The van der Waals surface area contributed by atoms with E-state index in [1.807, 2.05) is 0 Å². The van der Waals surface area contributed by atoms with Gasteiger partial charge >= 0.3 is 6.09 Å². The normalized spacial score (nSPS) is 15.4. The van der Waals surface area contributed by atoms with Gasteiger partial charge < -0.3 is 9.84 Å². The number of nitrogens with zero attached hydrogens (tertiary/aromatic N) is 3. The van der Waals surface area contributed by atoms with Crippen molar-refractivity contribution in [2.75, 3.05) is 13.1 Å². The monoisotopic (exact) mass is 324 g/mol. The van der Waals surface area contributed by atoms with Crippen molar-refractivity contribution in [1.82, 2.24) is 20.2 Å². The van der Waals surface area contributed by atoms with E-state index in [-0.39, 0.29) is 12.2 Å². The van der Waals surface area contributed by atoms with Crippen LogP contribution in [-0.2, 0) is 4.74 Å². The molecule has 9 heteroatoms. The summed E-state index contributed by atoms with van der Waals surface area (Å²) in [6, 6.07) is 0. The van der Waals surface area contributed by atoms with E-state index in [1.54, 1.807) is 20.8 Å². The first-order valence-electron chi connectivity index (χ1n) is 7.29. The molecule has 2 N–H and O–H groups in total. The van der Waals surface area contributed by atoms with Gasteiger partial charge in [-0.15, -0.1) is 0 Å². The lowest BCUT2D eigenvalue weighted by atomic mass is 10.2. The van der Waals surface area contributed by atoms with Crippen molar-refractivity contribution in [3.8, 4) is 5.75 Å². The molecule has 0 atom stereocenters. The van der Waals surface area contributed by atoms with Crippen molar-refractivity contribution >= 4 is 12.0 Å². The second-order valence-corrected chi connectivity index (χ2v) is 6.20. The van der Waals surface area contributed by atoms with E-state index in [4.69, 9.17) is 4.74 Å². The molecule has 1 saturated heterocycles. The molecule has 0 radical (unpaired) electrons. The summed E-state index contributed by atoms with van der Waals surface area (Å²) in [5.41, 5.74) is -1.82. The molecule has 2 rings (SSSR count). The molecular weight excluding hydrogens is 304 g/mol. The first-order valence-corrected chi connectivity index (χ1v) is 7.29. The van der Waals surface area contributed by atoms with Gasteiger partial charge in [0.2, 0.25) is 5.43 Å². The Morgan fingerprint density at radius 3 is 2.48 bits per heavy atom. The molecule has 0 saturated carbocycles. The minimum absolute atomic E-state index is 0.272. The van der Waals surface area contributed by atoms with E-state index in [0.29, 0.717) is 13.0 Å². The second kappa shape index (κ2) is 6.27. The van der Waals surface area contributed by atoms with Crippen LogP contribution in [0.4, 0.5) is 4.79 Å². The fraction of sp³-hybridized carbons (Fsp3) is 0.571. The molecular formula is C14H20N4O5. The van der Waals surface area contributed by atoms with Gasteiger partial charge in [-0.05, 0) is 33.6 Å². The number of rotatable bonds is 1. The quantitative estimate of drug-likeness (QED) is 0.791. The molecule has 1 aliphatic rings. The molecule has 2 heterocycles. The summed E-state index contributed by atoms with van der Waals surface area (Å²) in [6.45, 7) is 5.77. The van der Waals surface area contributed by atoms with Gasteiger partial charge in [0.1, 0.15) is 5.60 Å². The number of carbonyl (C=O) groups excluding carboxylic acids is 2. The number of aromatic amines is 1. The average molecular weight is 324 g/mol. The second-order valence-electron chi connectivity index (χ2n) is 6.20. The van der Waals surface area contributed by atoms with Crippen LogP contribution in [0, 0.1) is 0 Å². The van der Waals surface area contributed by atoms with Crippen LogP contribution in [0.1, 0.15) is 44.1 Å². The van der Waals surface area contributed by atoms with Crippen LogP contribution in [0.5, 0.6) is 5.75 Å². The van der Waals surface area contributed by atoms with Gasteiger partial charge in [0, 0.05) is 13.1 Å². The van der Waals surface area contributed by atoms with Crippen LogP contribution in [-0.4, -0.2) is 56.0 Å². The lowest BCUT2D eigenvalue weighted by molar-refractivity contribution is -0.0508. The number of hydrogen-bond acceptors (Lipinski definition) is 6. The zero-order valence-electron chi connectivity index (χ0n) is 13.3. The Morgan fingerprint density at radius 1 is 1.26 bits per heavy atom. The fourth-order valence-electron chi connectivity index (χ4n) is 2.15. The molecule has 0 bridgehead atoms. The molecule has 0 aromatic carbocycles. The van der Waals surface area contributed by atoms with Crippen LogP contribution < -0.4 is 5.43 Å². The Morgan fingerprint density at radius 2 is 1.87 bits per heavy atom. The van der Waals surface area contributed by atoms with Crippen molar-refractivity contribution in [3.63, 3.8) is 0 Å². The van der Waals surface area contributed by atoms with Crippen molar-refractivity contribution in [2.24, 2.45) is 0 Å². The number of amides is 2. The van der Waals surface area contributed by atoms with Gasteiger partial charge in [-0.3, -0.25) is 14.7 Å². The SMILES string of the molecule is CC(C)(C)OC(=O)N1CCCCN1C(=O)c1[nH]ncc(=O)c1O. The molecule has 126 valence electrons. The van der Waals surface area contributed by atoms with Gasteiger partial charge in [-0.1, -0.05) is 0 Å². The van der Waals surface area contributed by atoms with Crippen LogP contribution >= 0.6 is 0 Å². The van der Waals surface area contributed by atoms with E-state index in [9.17, 15) is 19.5 Å². The van der Waals surface area contributed by atoms with Gasteiger partial charge in [-0.25, -0.2) is 14.8 Å². The van der Waals surface area contributed by atoms with Crippen LogP contribution in [0.3, 0.4) is 0 Å². The third-order valence-corrected chi connectivity index (χ3v) is 3.16. The maximum atomic E-state index is 12.6. The standard InChI is InChI=1S/C14H20N4O5/c1-14(2,3)23-13(22)18-7-5-4-6-17(18)12(21)10-11(20)9(19)8-15-16-10/h8H,4-7H2,1-3H3,(H,15,20)(H,16,19). The number of aromatic nitrogens is 2. The number of hydrogen-bond donors (Lipinski definition) is 2. The number of ether oxygens (including phenoxy) is 1. The minimum atomic E-state index is -0.770. The molecule has 2 amide bonds. The molecule has 1 fully saturated rings. The number of aromatic hydroxyl groups is 1. The number of H-pyrrole nitrogens is 1. The molecule has 0 spiro atoms. The van der Waals surface area contributed by atoms with E-state index in [1.165, 1.54) is 5.01 Å². The highest BCUT2D eigenvalue weighted by molar-refractivity contribution is 5.95. The maximum absolute atomic E-state index is 12.6. The minimum Gasteiger partial charge on any atom is -0.502 e. The Labute approximate surface area is 132 Å². The van der Waals surface area contributed by atoms with Crippen molar-refractivity contribution in [3.05, 3.63) is 22.1 Å². The van der Waals surface area contributed by atoms with E-state index in [2.05, 4.69) is 10.2 Å². The van der Waals surface area contributed by atoms with Crippen LogP contribution in [0.25, 0.3) is 0 Å². The highest BCUT2D eigenvalue weighted by Gasteiger charge is 2.34. The first kappa shape index (κ1) is 16.8. The largest absolute Gasteiger partial charge is 0.502 e. The van der Waals surface area contributed by atoms with Gasteiger partial charge in [0.25, 0.3) is 5.91 Å². The number of nitrogens with one attached hydrogen (secondary N) is 1. The Bertz CT molecular complexity index is 664. The highest BCUT2D eigenvalue weighted by Crippen LogP contribution is 2.20. The molecule has 0 aliphatic carbocycles. The summed E-state index contributed by atoms with van der Waals surface area (Å²) in [4.78, 5) is 36.3. The summed E-state index contributed by atoms with van der Waals surface area (Å²) in [6.07, 6.45) is 1.62. The zero-order chi connectivity index (χ0) is 17.2. The Balaban J connectivity index is 2.27. The van der Waals surface area contributed by atoms with E-state index in [0.717, 1.165) is 17.6 Å². The predicted molar refractivity (Wildman–Crippen MR) is 79.7 cm³/mol. The number of hydrazine groups is 1. The van der Waals surface area contributed by atoms with Crippen molar-refractivity contribution in [2.45, 2.75) is 39.2 Å². The van der Waals surface area contributed by atoms with E-state index < -0.39 is 28.8 Å². The smallest absolute Gasteiger partial charge is 0.429 e. The molecule has 23 heavy (non-hydrogen) atoms. The van der Waals surface area contributed by atoms with E-state index >= 15 is 0 Å². The lowest BCUT2D eigenvalue weighted by Crippen LogP contribution is -2.54. The Kier molecular flexibility index (Phi) is 4.57. The van der Waals surface area contributed by atoms with Crippen molar-refractivity contribution < 1.29 is 19.4 Å². The first-order chi connectivity index (χ1) is 10.7. The molecule has 1 aromatic heterocycles.